The highest BCUT2D eigenvalue weighted by Crippen LogP contribution is 2.43. The van der Waals surface area contributed by atoms with Crippen molar-refractivity contribution in [2.75, 3.05) is 19.5 Å². The zero-order chi connectivity index (χ0) is 38.5. The Kier molecular flexibility index (Phi) is 10.1. The van der Waals surface area contributed by atoms with Crippen LogP contribution in [-0.2, 0) is 20.6 Å². The molecule has 56 heavy (non-hydrogen) atoms. The van der Waals surface area contributed by atoms with Gasteiger partial charge in [-0.25, -0.2) is 4.98 Å². The van der Waals surface area contributed by atoms with E-state index >= 15 is 4.79 Å². The fourth-order valence-electron chi connectivity index (χ4n) is 7.91. The van der Waals surface area contributed by atoms with E-state index in [1.807, 2.05) is 182 Å². The van der Waals surface area contributed by atoms with Crippen LogP contribution in [0.5, 0.6) is 0 Å². The summed E-state index contributed by atoms with van der Waals surface area (Å²) in [7, 11) is 1.42. The quantitative estimate of drug-likeness (QED) is 0.0928. The second kappa shape index (κ2) is 15.6. The number of rotatable bonds is 13. The smallest absolute Gasteiger partial charge is 0.284 e. The molecule has 6 aromatic carbocycles. The lowest BCUT2D eigenvalue weighted by Gasteiger charge is -2.38. The molecular weight excluding hydrogens is 699 g/mol. The molecule has 0 aliphatic heterocycles. The van der Waals surface area contributed by atoms with Gasteiger partial charge >= 0.3 is 0 Å². The number of hydrogen-bond donors (Lipinski definition) is 2. The van der Waals surface area contributed by atoms with Crippen molar-refractivity contribution in [1.82, 2.24) is 19.1 Å². The first-order valence-corrected chi connectivity index (χ1v) is 18.4. The van der Waals surface area contributed by atoms with Crippen LogP contribution in [0.3, 0.4) is 0 Å². The molecule has 3 N–H and O–H groups in total. The summed E-state index contributed by atoms with van der Waals surface area (Å²) in [4.78, 5) is 24.7. The first-order valence-electron chi connectivity index (χ1n) is 18.4. The van der Waals surface area contributed by atoms with Gasteiger partial charge in [0.2, 0.25) is 5.95 Å². The summed E-state index contributed by atoms with van der Waals surface area (Å²) in [6.45, 7) is -0.0776. The molecule has 0 spiro atoms. The van der Waals surface area contributed by atoms with E-state index in [2.05, 4.69) is 4.98 Å². The summed E-state index contributed by atoms with van der Waals surface area (Å²) in [5.41, 5.74) is 9.58. The Hall–Kier alpha value is -6.65. The molecule has 9 heteroatoms. The molecule has 0 aliphatic carbocycles. The number of benzene rings is 6. The third-order valence-corrected chi connectivity index (χ3v) is 10.5. The van der Waals surface area contributed by atoms with Crippen molar-refractivity contribution >= 4 is 17.1 Å². The van der Waals surface area contributed by atoms with Crippen molar-refractivity contribution in [2.45, 2.75) is 23.5 Å². The van der Waals surface area contributed by atoms with Crippen LogP contribution in [0.15, 0.2) is 193 Å². The van der Waals surface area contributed by atoms with Gasteiger partial charge in [0.1, 0.15) is 17.2 Å². The van der Waals surface area contributed by atoms with Crippen molar-refractivity contribution in [1.29, 1.82) is 0 Å². The molecule has 2 atom stereocenters. The van der Waals surface area contributed by atoms with Crippen molar-refractivity contribution in [3.8, 4) is 0 Å². The maximum atomic E-state index is 15.1. The number of aromatic nitrogens is 4. The number of fused-ring (bicyclic) bond motifs is 1. The lowest BCUT2D eigenvalue weighted by atomic mass is 9.76. The largest absolute Gasteiger partial charge is 0.369 e. The number of aliphatic hydroxyl groups is 1. The Morgan fingerprint density at radius 1 is 0.625 bits per heavy atom. The zero-order valence-corrected chi connectivity index (χ0v) is 30.8. The van der Waals surface area contributed by atoms with Gasteiger partial charge in [-0.05, 0) is 33.4 Å². The molecule has 2 aromatic heterocycles. The molecule has 0 amide bonds. The summed E-state index contributed by atoms with van der Waals surface area (Å²) < 4.78 is 15.8. The van der Waals surface area contributed by atoms with Gasteiger partial charge in [-0.15, -0.1) is 0 Å². The molecule has 0 aliphatic rings. The number of nitrogens with two attached hydrogens (primary N) is 1. The highest BCUT2D eigenvalue weighted by Gasteiger charge is 2.43. The SMILES string of the molecule is COC(O)C(COC(c1ccccc1)(c1ccccc1)c1ccccc1)n1cnc2c(=O)n(C(c3ccccc3)(c3ccccc3)c3ccccc3)c(N)nc21. The number of hydrogen-bond acceptors (Lipinski definition) is 7. The highest BCUT2D eigenvalue weighted by atomic mass is 16.6. The summed E-state index contributed by atoms with van der Waals surface area (Å²) in [6.07, 6.45) is 0.110. The summed E-state index contributed by atoms with van der Waals surface area (Å²) in [6, 6.07) is 58.3. The van der Waals surface area contributed by atoms with E-state index in [9.17, 15) is 5.11 Å². The lowest BCUT2D eigenvalue weighted by molar-refractivity contribution is -0.133. The summed E-state index contributed by atoms with van der Waals surface area (Å²) >= 11 is 0. The Bertz CT molecular complexity index is 2370. The molecule has 278 valence electrons. The predicted octanol–water partition coefficient (Wildman–Crippen LogP) is 7.53. The average Bonchev–Trinajstić information content (AvgIpc) is 3.69. The van der Waals surface area contributed by atoms with Gasteiger partial charge in [-0.3, -0.25) is 9.36 Å². The van der Waals surface area contributed by atoms with Crippen LogP contribution >= 0.6 is 0 Å². The van der Waals surface area contributed by atoms with Crippen LogP contribution in [0.25, 0.3) is 11.2 Å². The van der Waals surface area contributed by atoms with E-state index in [4.69, 9.17) is 20.2 Å². The van der Waals surface area contributed by atoms with Crippen LogP contribution in [-0.4, -0.2) is 44.2 Å². The third kappa shape index (κ3) is 6.17. The topological polar surface area (TPSA) is 117 Å². The van der Waals surface area contributed by atoms with E-state index in [0.717, 1.165) is 33.4 Å². The highest BCUT2D eigenvalue weighted by molar-refractivity contribution is 5.72. The number of nitrogen functional groups attached to an aromatic ring is 1. The fraction of sp³-hybridized carbons (Fsp3) is 0.128. The van der Waals surface area contributed by atoms with Gasteiger partial charge in [0.15, 0.2) is 17.5 Å². The average molecular weight is 740 g/mol. The molecule has 2 heterocycles. The third-order valence-electron chi connectivity index (χ3n) is 10.5. The lowest BCUT2D eigenvalue weighted by Crippen LogP contribution is -2.46. The van der Waals surface area contributed by atoms with E-state index in [0.29, 0.717) is 0 Å². The van der Waals surface area contributed by atoms with Gasteiger partial charge in [0, 0.05) is 7.11 Å². The normalized spacial score (nSPS) is 13.0. The van der Waals surface area contributed by atoms with Crippen molar-refractivity contribution in [3.05, 3.63) is 232 Å². The van der Waals surface area contributed by atoms with Crippen molar-refractivity contribution < 1.29 is 14.6 Å². The molecule has 2 unspecified atom stereocenters. The van der Waals surface area contributed by atoms with Crippen LogP contribution in [0, 0.1) is 0 Å². The summed E-state index contributed by atoms with van der Waals surface area (Å²) in [5, 5.41) is 11.5. The molecule has 0 fully saturated rings. The van der Waals surface area contributed by atoms with Gasteiger partial charge < -0.3 is 24.9 Å². The number of aliphatic hydroxyl groups excluding tert-OH is 1. The minimum atomic E-state index is -1.38. The molecular formula is C47H41N5O4. The first-order chi connectivity index (χ1) is 27.5. The molecule has 0 saturated carbocycles. The maximum absolute atomic E-state index is 15.1. The molecule has 0 saturated heterocycles. The fourth-order valence-corrected chi connectivity index (χ4v) is 7.91. The zero-order valence-electron chi connectivity index (χ0n) is 30.8. The van der Waals surface area contributed by atoms with Crippen molar-refractivity contribution in [2.24, 2.45) is 0 Å². The minimum absolute atomic E-state index is 0.0420. The Labute approximate surface area is 324 Å². The Balaban J connectivity index is 1.31. The van der Waals surface area contributed by atoms with Gasteiger partial charge in [-0.1, -0.05) is 182 Å². The number of methoxy groups -OCH3 is 1. The molecule has 8 aromatic rings. The minimum Gasteiger partial charge on any atom is -0.369 e. The van der Waals surface area contributed by atoms with Crippen molar-refractivity contribution in [3.63, 3.8) is 0 Å². The maximum Gasteiger partial charge on any atom is 0.284 e. The number of imidazole rings is 1. The van der Waals surface area contributed by atoms with Gasteiger partial charge in [0.05, 0.1) is 12.9 Å². The number of anilines is 1. The van der Waals surface area contributed by atoms with E-state index in [-0.39, 0.29) is 23.7 Å². The van der Waals surface area contributed by atoms with Crippen LogP contribution in [0.1, 0.15) is 39.4 Å². The van der Waals surface area contributed by atoms with Gasteiger partial charge in [0.25, 0.3) is 5.56 Å². The van der Waals surface area contributed by atoms with E-state index in [1.54, 1.807) is 4.57 Å². The van der Waals surface area contributed by atoms with Crippen LogP contribution in [0.2, 0.25) is 0 Å². The summed E-state index contributed by atoms with van der Waals surface area (Å²) in [5.74, 6) is -0.0420. The van der Waals surface area contributed by atoms with Crippen LogP contribution < -0.4 is 11.3 Å². The standard InChI is InChI=1S/C47H41N5O4/c1-55-44(54)40(32-56-47(37-26-14-5-15-27-37,38-28-16-6-17-29-38)39-30-18-7-19-31-39)51-33-49-41-42(51)50-45(48)52(43(41)53)46(34-20-8-2-9-21-34,35-22-10-3-11-23-35)36-24-12-4-13-25-36/h2-31,33,40,44,54H,32H2,1H3,(H2,48,50). The number of ether oxygens (including phenoxy) is 2. The molecule has 0 radical (unpaired) electrons. The van der Waals surface area contributed by atoms with E-state index in [1.165, 1.54) is 18.0 Å². The van der Waals surface area contributed by atoms with Crippen LogP contribution in [0.4, 0.5) is 5.95 Å². The van der Waals surface area contributed by atoms with E-state index < -0.39 is 29.0 Å². The Morgan fingerprint density at radius 3 is 1.38 bits per heavy atom. The molecule has 9 nitrogen and oxygen atoms in total. The molecule has 8 rings (SSSR count). The first kappa shape index (κ1) is 36.3. The van der Waals surface area contributed by atoms with Gasteiger partial charge in [-0.2, -0.15) is 4.98 Å². The predicted molar refractivity (Wildman–Crippen MR) is 218 cm³/mol. The second-order valence-corrected chi connectivity index (χ2v) is 13.5. The molecule has 0 bridgehead atoms. The second-order valence-electron chi connectivity index (χ2n) is 13.5. The monoisotopic (exact) mass is 739 g/mol. The Morgan fingerprint density at radius 2 is 1.00 bits per heavy atom. The number of nitrogens with zero attached hydrogens (tertiary/aromatic N) is 4.